The molecule has 1 rings (SSSR count). The van der Waals surface area contributed by atoms with Gasteiger partial charge in [0.05, 0.1) is 5.56 Å². The predicted octanol–water partition coefficient (Wildman–Crippen LogP) is 5.38. The Kier molecular flexibility index (Phi) is 5.95. The van der Waals surface area contributed by atoms with Crippen molar-refractivity contribution in [1.29, 1.82) is 0 Å². The Balaban J connectivity index is 3.29. The lowest BCUT2D eigenvalue weighted by Crippen LogP contribution is -2.36. The average molecular weight is 378 g/mol. The monoisotopic (exact) mass is 377 g/mol. The summed E-state index contributed by atoms with van der Waals surface area (Å²) in [4.78, 5) is 0.723. The second-order valence-electron chi connectivity index (χ2n) is 4.52. The van der Waals surface area contributed by atoms with Crippen molar-refractivity contribution in [2.24, 2.45) is 0 Å². The molecular formula is C13H14BrF6N. The standard InChI is InChI=1S/C13H14BrF6N/c1-2-5-21(8-12(15,16)17)11-4-3-9(7-14)6-10(11)13(18,19)20/h3-4,6H,2,5,7-8H2,1H3. The Bertz CT molecular complexity index is 469. The maximum absolute atomic E-state index is 13.1. The molecule has 0 bridgehead atoms. The Morgan fingerprint density at radius 3 is 2.14 bits per heavy atom. The smallest absolute Gasteiger partial charge is 0.362 e. The van der Waals surface area contributed by atoms with Gasteiger partial charge in [0.15, 0.2) is 0 Å². The highest BCUT2D eigenvalue weighted by atomic mass is 79.9. The van der Waals surface area contributed by atoms with Gasteiger partial charge in [0, 0.05) is 17.6 Å². The summed E-state index contributed by atoms with van der Waals surface area (Å²) >= 11 is 3.04. The van der Waals surface area contributed by atoms with Crippen LogP contribution in [0.25, 0.3) is 0 Å². The number of rotatable bonds is 5. The van der Waals surface area contributed by atoms with Crippen molar-refractivity contribution < 1.29 is 26.3 Å². The van der Waals surface area contributed by atoms with Gasteiger partial charge in [-0.3, -0.25) is 0 Å². The van der Waals surface area contributed by atoms with Crippen LogP contribution in [0.5, 0.6) is 0 Å². The van der Waals surface area contributed by atoms with Crippen LogP contribution in [0.2, 0.25) is 0 Å². The summed E-state index contributed by atoms with van der Waals surface area (Å²) in [7, 11) is 0. The summed E-state index contributed by atoms with van der Waals surface area (Å²) < 4.78 is 76.9. The van der Waals surface area contributed by atoms with Crippen LogP contribution in [-0.4, -0.2) is 19.3 Å². The summed E-state index contributed by atoms with van der Waals surface area (Å²) in [6.07, 6.45) is -8.95. The highest BCUT2D eigenvalue weighted by Crippen LogP contribution is 2.38. The molecule has 0 saturated carbocycles. The number of benzene rings is 1. The van der Waals surface area contributed by atoms with Crippen LogP contribution in [0.3, 0.4) is 0 Å². The first-order chi connectivity index (χ1) is 9.58. The largest absolute Gasteiger partial charge is 0.418 e. The van der Waals surface area contributed by atoms with Crippen LogP contribution >= 0.6 is 15.9 Å². The summed E-state index contributed by atoms with van der Waals surface area (Å²) in [6.45, 7) is 0.108. The first-order valence-electron chi connectivity index (χ1n) is 6.16. The molecule has 0 spiro atoms. The van der Waals surface area contributed by atoms with E-state index in [0.29, 0.717) is 12.0 Å². The van der Waals surface area contributed by atoms with Crippen LogP contribution in [-0.2, 0) is 11.5 Å². The Morgan fingerprint density at radius 1 is 1.10 bits per heavy atom. The SMILES string of the molecule is CCCN(CC(F)(F)F)c1ccc(CBr)cc1C(F)(F)F. The molecule has 0 fully saturated rings. The van der Waals surface area contributed by atoms with Crippen LogP contribution in [0.4, 0.5) is 32.0 Å². The fraction of sp³-hybridized carbons (Fsp3) is 0.538. The molecule has 1 aromatic carbocycles. The number of hydrogen-bond acceptors (Lipinski definition) is 1. The van der Waals surface area contributed by atoms with Crippen molar-refractivity contribution in [2.75, 3.05) is 18.0 Å². The molecule has 1 nitrogen and oxygen atoms in total. The fourth-order valence-corrected chi connectivity index (χ4v) is 2.29. The third-order valence-electron chi connectivity index (χ3n) is 2.73. The van der Waals surface area contributed by atoms with Crippen molar-refractivity contribution in [3.05, 3.63) is 29.3 Å². The third kappa shape index (κ3) is 5.41. The summed E-state index contributed by atoms with van der Waals surface area (Å²) in [5.74, 6) is 0. The van der Waals surface area contributed by atoms with Gasteiger partial charge in [0.2, 0.25) is 0 Å². The second-order valence-corrected chi connectivity index (χ2v) is 5.08. The maximum atomic E-state index is 13.1. The molecule has 0 aliphatic heterocycles. The maximum Gasteiger partial charge on any atom is 0.418 e. The molecule has 0 heterocycles. The molecule has 0 saturated heterocycles. The average Bonchev–Trinajstić information content (AvgIpc) is 2.35. The van der Waals surface area contributed by atoms with Crippen molar-refractivity contribution >= 4 is 21.6 Å². The van der Waals surface area contributed by atoms with Gasteiger partial charge in [0.25, 0.3) is 0 Å². The van der Waals surface area contributed by atoms with Gasteiger partial charge in [-0.05, 0) is 24.1 Å². The summed E-state index contributed by atoms with van der Waals surface area (Å²) in [5, 5.41) is 0.198. The molecule has 1 aromatic rings. The van der Waals surface area contributed by atoms with Crippen LogP contribution in [0.15, 0.2) is 18.2 Å². The first-order valence-corrected chi connectivity index (χ1v) is 7.28. The molecule has 21 heavy (non-hydrogen) atoms. The summed E-state index contributed by atoms with van der Waals surface area (Å²) in [5.41, 5.74) is -1.13. The molecule has 0 aromatic heterocycles. The summed E-state index contributed by atoms with van der Waals surface area (Å²) in [6, 6.07) is 3.36. The normalized spacial score (nSPS) is 12.6. The second kappa shape index (κ2) is 6.89. The van der Waals surface area contributed by atoms with Crippen molar-refractivity contribution in [2.45, 2.75) is 31.0 Å². The van der Waals surface area contributed by atoms with E-state index in [1.165, 1.54) is 6.07 Å². The molecular weight excluding hydrogens is 364 g/mol. The third-order valence-corrected chi connectivity index (χ3v) is 3.37. The molecule has 0 amide bonds. The zero-order chi connectivity index (χ0) is 16.3. The number of alkyl halides is 7. The number of anilines is 1. The highest BCUT2D eigenvalue weighted by molar-refractivity contribution is 9.08. The van der Waals surface area contributed by atoms with Gasteiger partial charge in [-0.1, -0.05) is 28.9 Å². The van der Waals surface area contributed by atoms with E-state index in [-0.39, 0.29) is 11.9 Å². The van der Waals surface area contributed by atoms with Crippen LogP contribution in [0.1, 0.15) is 24.5 Å². The lowest BCUT2D eigenvalue weighted by atomic mass is 10.1. The zero-order valence-electron chi connectivity index (χ0n) is 11.2. The van der Waals surface area contributed by atoms with Crippen LogP contribution < -0.4 is 4.90 Å². The molecule has 0 aliphatic rings. The molecule has 120 valence electrons. The topological polar surface area (TPSA) is 3.24 Å². The van der Waals surface area contributed by atoms with Gasteiger partial charge in [-0.2, -0.15) is 26.3 Å². The van der Waals surface area contributed by atoms with Gasteiger partial charge >= 0.3 is 12.4 Å². The van der Waals surface area contributed by atoms with Gasteiger partial charge in [-0.25, -0.2) is 0 Å². The number of nitrogens with zero attached hydrogens (tertiary/aromatic N) is 1. The molecule has 0 atom stereocenters. The van der Waals surface area contributed by atoms with Gasteiger partial charge in [0.1, 0.15) is 6.54 Å². The van der Waals surface area contributed by atoms with Crippen LogP contribution in [0, 0.1) is 0 Å². The highest BCUT2D eigenvalue weighted by Gasteiger charge is 2.38. The molecule has 0 unspecified atom stereocenters. The van der Waals surface area contributed by atoms with E-state index >= 15 is 0 Å². The minimum Gasteiger partial charge on any atom is -0.362 e. The van der Waals surface area contributed by atoms with Crippen molar-refractivity contribution in [3.63, 3.8) is 0 Å². The van der Waals surface area contributed by atoms with E-state index in [4.69, 9.17) is 0 Å². The molecule has 0 N–H and O–H groups in total. The van der Waals surface area contributed by atoms with Gasteiger partial charge in [-0.15, -0.1) is 0 Å². The van der Waals surface area contributed by atoms with E-state index in [1.54, 1.807) is 6.92 Å². The predicted molar refractivity (Wildman–Crippen MR) is 72.6 cm³/mol. The van der Waals surface area contributed by atoms with E-state index in [1.807, 2.05) is 0 Å². The van der Waals surface area contributed by atoms with E-state index in [2.05, 4.69) is 15.9 Å². The minimum atomic E-state index is -4.70. The van der Waals surface area contributed by atoms with E-state index in [9.17, 15) is 26.3 Å². The Labute approximate surface area is 127 Å². The molecule has 8 heteroatoms. The van der Waals surface area contributed by atoms with E-state index in [0.717, 1.165) is 17.0 Å². The zero-order valence-corrected chi connectivity index (χ0v) is 12.7. The fourth-order valence-electron chi connectivity index (χ4n) is 1.94. The quantitative estimate of drug-likeness (QED) is 0.491. The Hall–Kier alpha value is -0.920. The molecule has 0 aliphatic carbocycles. The minimum absolute atomic E-state index is 0.101. The first kappa shape index (κ1) is 18.1. The van der Waals surface area contributed by atoms with E-state index < -0.39 is 30.1 Å². The van der Waals surface area contributed by atoms with Crippen molar-refractivity contribution in [1.82, 2.24) is 0 Å². The number of halogens is 7. The Morgan fingerprint density at radius 2 is 1.71 bits per heavy atom. The van der Waals surface area contributed by atoms with Crippen molar-refractivity contribution in [3.8, 4) is 0 Å². The van der Waals surface area contributed by atoms with Gasteiger partial charge < -0.3 is 4.90 Å². The lowest BCUT2D eigenvalue weighted by molar-refractivity contribution is -0.138. The number of hydrogen-bond donors (Lipinski definition) is 0. The lowest BCUT2D eigenvalue weighted by Gasteiger charge is -2.28. The molecule has 0 radical (unpaired) electrons.